The Hall–Kier alpha value is -2.94. The largest absolute Gasteiger partial charge is 0.487 e. The van der Waals surface area contributed by atoms with E-state index >= 15 is 0 Å². The van der Waals surface area contributed by atoms with Gasteiger partial charge < -0.3 is 10.1 Å². The first-order valence-corrected chi connectivity index (χ1v) is 14.5. The van der Waals surface area contributed by atoms with Crippen LogP contribution >= 0.6 is 35.3 Å². The molecule has 198 valence electrons. The predicted molar refractivity (Wildman–Crippen MR) is 152 cm³/mol. The summed E-state index contributed by atoms with van der Waals surface area (Å²) in [6.07, 6.45) is 1.49. The lowest BCUT2D eigenvalue weighted by Gasteiger charge is -2.24. The summed E-state index contributed by atoms with van der Waals surface area (Å²) in [7, 11) is -2.90. The second kappa shape index (κ2) is 12.3. The molecule has 0 amide bonds. The third kappa shape index (κ3) is 7.12. The molecule has 0 radical (unpaired) electrons. The highest BCUT2D eigenvalue weighted by Crippen LogP contribution is 2.33. The molecule has 38 heavy (non-hydrogen) atoms. The average Bonchev–Trinajstić information content (AvgIpc) is 3.29. The summed E-state index contributed by atoms with van der Waals surface area (Å²) in [6, 6.07) is 13.5. The molecule has 2 aromatic heterocycles. The van der Waals surface area contributed by atoms with E-state index < -0.39 is 9.84 Å². The SMILES string of the molecule is Cl.O=S1(=O)CCN(CC#Cc2cc3ncnc(Nc4ccc(OCc5cccc(F)c5)c(Cl)c4)c3s2)CC1. The Balaban J connectivity index is 0.00000336. The van der Waals surface area contributed by atoms with Crippen molar-refractivity contribution in [2.24, 2.45) is 0 Å². The monoisotopic (exact) mass is 592 g/mol. The molecule has 5 rings (SSSR count). The van der Waals surface area contributed by atoms with Gasteiger partial charge in [0.2, 0.25) is 0 Å². The number of benzene rings is 2. The van der Waals surface area contributed by atoms with Crippen LogP contribution in [0.1, 0.15) is 10.4 Å². The van der Waals surface area contributed by atoms with E-state index in [9.17, 15) is 12.8 Å². The number of thiophene rings is 1. The van der Waals surface area contributed by atoms with E-state index in [-0.39, 0.29) is 36.3 Å². The summed E-state index contributed by atoms with van der Waals surface area (Å²) in [5.74, 6) is 7.48. The van der Waals surface area contributed by atoms with Crippen LogP contribution in [0.3, 0.4) is 0 Å². The zero-order valence-corrected chi connectivity index (χ0v) is 23.2. The normalized spacial score (nSPS) is 14.8. The minimum Gasteiger partial charge on any atom is -0.487 e. The smallest absolute Gasteiger partial charge is 0.152 e. The van der Waals surface area contributed by atoms with Crippen LogP contribution in [0.5, 0.6) is 5.75 Å². The molecule has 0 spiro atoms. The van der Waals surface area contributed by atoms with Gasteiger partial charge in [0.05, 0.1) is 38.2 Å². The van der Waals surface area contributed by atoms with Gasteiger partial charge in [0, 0.05) is 18.8 Å². The molecule has 0 atom stereocenters. The van der Waals surface area contributed by atoms with E-state index in [4.69, 9.17) is 16.3 Å². The second-order valence-corrected chi connectivity index (χ2v) is 12.2. The topological polar surface area (TPSA) is 84.4 Å². The van der Waals surface area contributed by atoms with Gasteiger partial charge in [0.15, 0.2) is 15.7 Å². The van der Waals surface area contributed by atoms with Crippen LogP contribution in [-0.4, -0.2) is 54.4 Å². The molecule has 1 aliphatic heterocycles. The minimum absolute atomic E-state index is 0. The Kier molecular flexibility index (Phi) is 9.07. The molecule has 0 saturated carbocycles. The highest BCUT2D eigenvalue weighted by atomic mass is 35.5. The molecule has 1 saturated heterocycles. The molecule has 12 heteroatoms. The first-order valence-electron chi connectivity index (χ1n) is 11.4. The maximum atomic E-state index is 13.4. The maximum Gasteiger partial charge on any atom is 0.152 e. The van der Waals surface area contributed by atoms with Gasteiger partial charge in [-0.25, -0.2) is 22.8 Å². The van der Waals surface area contributed by atoms with Crippen molar-refractivity contribution in [1.82, 2.24) is 14.9 Å². The molecule has 1 N–H and O–H groups in total. The first-order chi connectivity index (χ1) is 17.8. The number of ether oxygens (including phenoxy) is 1. The molecule has 0 bridgehead atoms. The second-order valence-electron chi connectivity index (χ2n) is 8.47. The van der Waals surface area contributed by atoms with Crippen molar-refractivity contribution < 1.29 is 17.5 Å². The summed E-state index contributed by atoms with van der Waals surface area (Å²) in [6.45, 7) is 1.75. The molecule has 4 aromatic rings. The number of sulfone groups is 1. The summed E-state index contributed by atoms with van der Waals surface area (Å²) in [5.41, 5.74) is 2.21. The minimum atomic E-state index is -2.90. The van der Waals surface area contributed by atoms with Crippen molar-refractivity contribution in [3.63, 3.8) is 0 Å². The van der Waals surface area contributed by atoms with E-state index in [2.05, 4.69) is 27.1 Å². The number of rotatable bonds is 6. The lowest BCUT2D eigenvalue weighted by Crippen LogP contribution is -2.40. The van der Waals surface area contributed by atoms with Crippen LogP contribution in [0.25, 0.3) is 10.2 Å². The molecule has 2 aromatic carbocycles. The lowest BCUT2D eigenvalue weighted by molar-refractivity contribution is 0.306. The third-order valence-corrected chi connectivity index (χ3v) is 8.69. The van der Waals surface area contributed by atoms with Crippen LogP contribution in [0.2, 0.25) is 5.02 Å². The van der Waals surface area contributed by atoms with Crippen molar-refractivity contribution >= 4 is 66.9 Å². The number of nitrogens with zero attached hydrogens (tertiary/aromatic N) is 3. The van der Waals surface area contributed by atoms with Gasteiger partial charge in [0.25, 0.3) is 0 Å². The number of fused-ring (bicyclic) bond motifs is 1. The van der Waals surface area contributed by atoms with Gasteiger partial charge in [-0.1, -0.05) is 35.6 Å². The molecule has 1 aliphatic rings. The summed E-state index contributed by atoms with van der Waals surface area (Å²) in [4.78, 5) is 11.6. The molecule has 3 heterocycles. The lowest BCUT2D eigenvalue weighted by atomic mass is 10.2. The quantitative estimate of drug-likeness (QED) is 0.304. The van der Waals surface area contributed by atoms with Crippen LogP contribution in [0.15, 0.2) is 54.9 Å². The number of anilines is 2. The highest BCUT2D eigenvalue weighted by Gasteiger charge is 2.20. The number of hydrogen-bond acceptors (Lipinski definition) is 8. The number of hydrogen-bond donors (Lipinski definition) is 1. The Labute approximate surface area is 235 Å². The summed E-state index contributed by atoms with van der Waals surface area (Å²) >= 11 is 7.91. The fourth-order valence-electron chi connectivity index (χ4n) is 3.77. The molecular weight excluding hydrogens is 570 g/mol. The molecular formula is C26H23Cl2FN4O3S2. The van der Waals surface area contributed by atoms with Gasteiger partial charge in [-0.3, -0.25) is 4.90 Å². The Bertz CT molecular complexity index is 1610. The van der Waals surface area contributed by atoms with E-state index in [1.807, 2.05) is 17.0 Å². The van der Waals surface area contributed by atoms with Crippen LogP contribution in [0.4, 0.5) is 15.9 Å². The number of halogens is 3. The van der Waals surface area contributed by atoms with Crippen LogP contribution in [-0.2, 0) is 16.4 Å². The highest BCUT2D eigenvalue weighted by molar-refractivity contribution is 7.91. The molecule has 0 unspecified atom stereocenters. The first kappa shape index (κ1) is 28.1. The standard InChI is InChI=1S/C26H22ClFN4O3S2.ClH/c27-22-14-20(6-7-24(22)35-16-18-3-1-4-19(28)13-18)31-26-25-23(29-17-30-26)15-21(36-25)5-2-8-32-9-11-37(33,34)12-10-32;/h1,3-4,6-7,13-15,17H,8-12,16H2,(H,29,30,31);1H. The van der Waals surface area contributed by atoms with Gasteiger partial charge in [-0.05, 0) is 42.0 Å². The fourth-order valence-corrected chi connectivity index (χ4v) is 6.21. The van der Waals surface area contributed by atoms with E-state index in [0.717, 1.165) is 20.8 Å². The molecule has 0 aliphatic carbocycles. The summed E-state index contributed by atoms with van der Waals surface area (Å²) in [5, 5.41) is 3.69. The Morgan fingerprint density at radius 1 is 1.13 bits per heavy atom. The summed E-state index contributed by atoms with van der Waals surface area (Å²) < 4.78 is 43.1. The maximum absolute atomic E-state index is 13.4. The molecule has 1 fully saturated rings. The van der Waals surface area contributed by atoms with E-state index in [1.54, 1.807) is 24.3 Å². The van der Waals surface area contributed by atoms with E-state index in [0.29, 0.717) is 41.8 Å². The van der Waals surface area contributed by atoms with Crippen LogP contribution < -0.4 is 10.1 Å². The zero-order valence-electron chi connectivity index (χ0n) is 20.0. The zero-order chi connectivity index (χ0) is 25.8. The van der Waals surface area contributed by atoms with Crippen LogP contribution in [0, 0.1) is 17.7 Å². The molecule has 7 nitrogen and oxygen atoms in total. The van der Waals surface area contributed by atoms with Crippen molar-refractivity contribution in [2.75, 3.05) is 36.5 Å². The average molecular weight is 594 g/mol. The van der Waals surface area contributed by atoms with Crippen molar-refractivity contribution in [2.45, 2.75) is 6.61 Å². The Morgan fingerprint density at radius 3 is 2.71 bits per heavy atom. The fraction of sp³-hybridized carbons (Fsp3) is 0.231. The third-order valence-electron chi connectivity index (χ3n) is 5.74. The van der Waals surface area contributed by atoms with Gasteiger partial charge in [-0.15, -0.1) is 23.7 Å². The van der Waals surface area contributed by atoms with Gasteiger partial charge in [-0.2, -0.15) is 0 Å². The number of aromatic nitrogens is 2. The van der Waals surface area contributed by atoms with Crippen molar-refractivity contribution in [3.8, 4) is 17.6 Å². The van der Waals surface area contributed by atoms with E-state index in [1.165, 1.54) is 29.8 Å². The number of nitrogens with one attached hydrogen (secondary N) is 1. The van der Waals surface area contributed by atoms with Gasteiger partial charge >= 0.3 is 0 Å². The van der Waals surface area contributed by atoms with Gasteiger partial charge in [0.1, 0.15) is 24.5 Å². The van der Waals surface area contributed by atoms with Crippen molar-refractivity contribution in [3.05, 3.63) is 76.1 Å². The predicted octanol–water partition coefficient (Wildman–Crippen LogP) is 5.31. The Morgan fingerprint density at radius 2 is 1.95 bits per heavy atom. The van der Waals surface area contributed by atoms with Crippen molar-refractivity contribution in [1.29, 1.82) is 0 Å².